The van der Waals surface area contributed by atoms with E-state index in [0.717, 1.165) is 18.7 Å². The number of rotatable bonds is 5. The summed E-state index contributed by atoms with van der Waals surface area (Å²) in [5.74, 6) is 1.35. The molecule has 154 valence electrons. The van der Waals surface area contributed by atoms with Gasteiger partial charge in [-0.15, -0.1) is 0 Å². The number of carbonyl (C=O) groups is 1. The number of piperazine rings is 1. The number of hydrogen-bond acceptors (Lipinski definition) is 4. The van der Waals surface area contributed by atoms with E-state index < -0.39 is 10.0 Å². The Morgan fingerprint density at radius 1 is 1.04 bits per heavy atom. The fourth-order valence-electron chi connectivity index (χ4n) is 4.22. The molecule has 0 saturated carbocycles. The third kappa shape index (κ3) is 5.65. The molecule has 3 rings (SSSR count). The zero-order valence-electron chi connectivity index (χ0n) is 16.8. The van der Waals surface area contributed by atoms with Gasteiger partial charge in [-0.25, -0.2) is 8.42 Å². The van der Waals surface area contributed by atoms with Gasteiger partial charge in [-0.1, -0.05) is 44.2 Å². The summed E-state index contributed by atoms with van der Waals surface area (Å²) in [5.41, 5.74) is 0.852. The number of amides is 1. The summed E-state index contributed by atoms with van der Waals surface area (Å²) in [6.45, 7) is 8.45. The van der Waals surface area contributed by atoms with Gasteiger partial charge in [0.2, 0.25) is 15.9 Å². The van der Waals surface area contributed by atoms with Crippen LogP contribution < -0.4 is 0 Å². The molecule has 1 aromatic carbocycles. The smallest absolute Gasteiger partial charge is 0.236 e. The van der Waals surface area contributed by atoms with Crippen molar-refractivity contribution in [2.75, 3.05) is 45.8 Å². The highest BCUT2D eigenvalue weighted by molar-refractivity contribution is 7.92. The van der Waals surface area contributed by atoms with Crippen molar-refractivity contribution in [2.24, 2.45) is 11.8 Å². The Bertz CT molecular complexity index is 776. The second kappa shape index (κ2) is 9.20. The molecule has 7 heteroatoms. The molecule has 2 atom stereocenters. The number of nitrogens with zero attached hydrogens (tertiary/aromatic N) is 3. The Kier molecular flexibility index (Phi) is 6.91. The second-order valence-electron chi connectivity index (χ2n) is 8.18. The zero-order chi connectivity index (χ0) is 20.1. The molecule has 0 unspecified atom stereocenters. The predicted octanol–water partition coefficient (Wildman–Crippen LogP) is 2.11. The summed E-state index contributed by atoms with van der Waals surface area (Å²) in [4.78, 5) is 16.7. The second-order valence-corrected chi connectivity index (χ2v) is 10.00. The van der Waals surface area contributed by atoms with Crippen LogP contribution >= 0.6 is 0 Å². The van der Waals surface area contributed by atoms with Crippen LogP contribution in [0.4, 0.5) is 0 Å². The summed E-state index contributed by atoms with van der Waals surface area (Å²) in [7, 11) is -3.47. The molecule has 2 aliphatic rings. The van der Waals surface area contributed by atoms with E-state index >= 15 is 0 Å². The molecule has 6 nitrogen and oxygen atoms in total. The Morgan fingerprint density at radius 3 is 2.25 bits per heavy atom. The van der Waals surface area contributed by atoms with Gasteiger partial charge in [0.1, 0.15) is 0 Å². The lowest BCUT2D eigenvalue weighted by molar-refractivity contribution is -0.134. The standard InChI is InChI=1S/C21H31N3O3S/c1-18-14-19(2)16-22(15-18)17-21(25)23-9-11-24(12-10-23)28(26,27)13-8-20-6-4-3-5-7-20/h3-8,13,18-19H,9-12,14-17H2,1-2H3/b13-8+/t18-,19-/m0/s1. The van der Waals surface area contributed by atoms with E-state index in [1.54, 1.807) is 11.0 Å². The molecule has 2 fully saturated rings. The normalized spacial score (nSPS) is 25.3. The topological polar surface area (TPSA) is 60.9 Å². The molecular weight excluding hydrogens is 374 g/mol. The Balaban J connectivity index is 1.50. The number of benzene rings is 1. The van der Waals surface area contributed by atoms with Crippen molar-refractivity contribution < 1.29 is 13.2 Å². The van der Waals surface area contributed by atoms with Gasteiger partial charge < -0.3 is 4.90 Å². The number of piperidine rings is 1. The Hall–Kier alpha value is -1.70. The van der Waals surface area contributed by atoms with Gasteiger partial charge in [0.25, 0.3) is 0 Å². The maximum atomic E-state index is 12.6. The quantitative estimate of drug-likeness (QED) is 0.753. The summed E-state index contributed by atoms with van der Waals surface area (Å²) >= 11 is 0. The lowest BCUT2D eigenvalue weighted by Crippen LogP contribution is -2.53. The van der Waals surface area contributed by atoms with E-state index in [0.29, 0.717) is 44.6 Å². The fourth-order valence-corrected chi connectivity index (χ4v) is 5.39. The summed E-state index contributed by atoms with van der Waals surface area (Å²) in [6, 6.07) is 9.38. The molecule has 0 bridgehead atoms. The first kappa shape index (κ1) is 21.0. The van der Waals surface area contributed by atoms with Crippen LogP contribution in [0.5, 0.6) is 0 Å². The van der Waals surface area contributed by atoms with Crippen LogP contribution in [0, 0.1) is 11.8 Å². The van der Waals surface area contributed by atoms with Crippen molar-refractivity contribution in [1.29, 1.82) is 0 Å². The summed E-state index contributed by atoms with van der Waals surface area (Å²) < 4.78 is 26.6. The molecule has 2 aliphatic heterocycles. The van der Waals surface area contributed by atoms with E-state index in [-0.39, 0.29) is 5.91 Å². The Morgan fingerprint density at radius 2 is 1.64 bits per heavy atom. The average Bonchev–Trinajstić information content (AvgIpc) is 2.66. The minimum atomic E-state index is -3.47. The van der Waals surface area contributed by atoms with Crippen molar-refractivity contribution in [3.8, 4) is 0 Å². The van der Waals surface area contributed by atoms with Crippen LogP contribution in [0.3, 0.4) is 0 Å². The number of likely N-dealkylation sites (tertiary alicyclic amines) is 1. The van der Waals surface area contributed by atoms with Gasteiger partial charge in [-0.2, -0.15) is 4.31 Å². The molecule has 28 heavy (non-hydrogen) atoms. The van der Waals surface area contributed by atoms with E-state index in [1.807, 2.05) is 30.3 Å². The van der Waals surface area contributed by atoms with E-state index in [2.05, 4.69) is 18.7 Å². The first-order chi connectivity index (χ1) is 13.3. The monoisotopic (exact) mass is 405 g/mol. The Labute approximate surface area is 168 Å². The maximum Gasteiger partial charge on any atom is 0.236 e. The molecule has 0 aromatic heterocycles. The van der Waals surface area contributed by atoms with Crippen LogP contribution in [-0.2, 0) is 14.8 Å². The van der Waals surface area contributed by atoms with Crippen LogP contribution in [0.25, 0.3) is 6.08 Å². The highest BCUT2D eigenvalue weighted by Gasteiger charge is 2.29. The molecule has 0 N–H and O–H groups in total. The summed E-state index contributed by atoms with van der Waals surface area (Å²) in [5, 5.41) is 1.26. The molecule has 0 spiro atoms. The zero-order valence-corrected chi connectivity index (χ0v) is 17.6. The first-order valence-electron chi connectivity index (χ1n) is 10.1. The van der Waals surface area contributed by atoms with Crippen molar-refractivity contribution in [3.63, 3.8) is 0 Å². The third-order valence-corrected chi connectivity index (χ3v) is 7.05. The maximum absolute atomic E-state index is 12.6. The molecular formula is C21H31N3O3S. The number of carbonyl (C=O) groups excluding carboxylic acids is 1. The van der Waals surface area contributed by atoms with Crippen molar-refractivity contribution >= 4 is 22.0 Å². The van der Waals surface area contributed by atoms with Crippen LogP contribution in [0.2, 0.25) is 0 Å². The van der Waals surface area contributed by atoms with Gasteiger partial charge in [0.05, 0.1) is 6.54 Å². The van der Waals surface area contributed by atoms with Crippen LogP contribution in [0.1, 0.15) is 25.8 Å². The predicted molar refractivity (Wildman–Crippen MR) is 112 cm³/mol. The van der Waals surface area contributed by atoms with Crippen LogP contribution in [0.15, 0.2) is 35.7 Å². The molecule has 2 heterocycles. The van der Waals surface area contributed by atoms with Crippen molar-refractivity contribution in [3.05, 3.63) is 41.3 Å². The van der Waals surface area contributed by atoms with Crippen molar-refractivity contribution in [2.45, 2.75) is 20.3 Å². The third-order valence-electron chi connectivity index (χ3n) is 5.49. The molecule has 0 aliphatic carbocycles. The van der Waals surface area contributed by atoms with Gasteiger partial charge >= 0.3 is 0 Å². The van der Waals surface area contributed by atoms with E-state index in [9.17, 15) is 13.2 Å². The average molecular weight is 406 g/mol. The van der Waals surface area contributed by atoms with Crippen molar-refractivity contribution in [1.82, 2.24) is 14.1 Å². The van der Waals surface area contributed by atoms with Gasteiger partial charge in [-0.3, -0.25) is 9.69 Å². The molecule has 1 aromatic rings. The van der Waals surface area contributed by atoms with Crippen LogP contribution in [-0.4, -0.2) is 74.2 Å². The number of hydrogen-bond donors (Lipinski definition) is 0. The van der Waals surface area contributed by atoms with Gasteiger partial charge in [0, 0.05) is 44.7 Å². The highest BCUT2D eigenvalue weighted by Crippen LogP contribution is 2.21. The van der Waals surface area contributed by atoms with Gasteiger partial charge in [-0.05, 0) is 29.9 Å². The number of sulfonamides is 1. The van der Waals surface area contributed by atoms with Gasteiger partial charge in [0.15, 0.2) is 0 Å². The molecule has 1 amide bonds. The first-order valence-corrected chi connectivity index (χ1v) is 11.6. The minimum Gasteiger partial charge on any atom is -0.339 e. The molecule has 0 radical (unpaired) electrons. The lowest BCUT2D eigenvalue weighted by Gasteiger charge is -2.37. The SMILES string of the molecule is C[C@H]1C[C@H](C)CN(CC(=O)N2CCN(S(=O)(=O)/C=C/c3ccccc3)CC2)C1. The lowest BCUT2D eigenvalue weighted by atomic mass is 9.92. The highest BCUT2D eigenvalue weighted by atomic mass is 32.2. The fraction of sp³-hybridized carbons (Fsp3) is 0.571. The molecule has 2 saturated heterocycles. The minimum absolute atomic E-state index is 0.109. The van der Waals surface area contributed by atoms with E-state index in [1.165, 1.54) is 16.1 Å². The summed E-state index contributed by atoms with van der Waals surface area (Å²) in [6.07, 6.45) is 2.84. The largest absolute Gasteiger partial charge is 0.339 e. The van der Waals surface area contributed by atoms with E-state index in [4.69, 9.17) is 0 Å².